The third-order valence-electron chi connectivity index (χ3n) is 5.39. The fourth-order valence-corrected chi connectivity index (χ4v) is 3.73. The maximum Gasteiger partial charge on any atom is 0.263 e. The van der Waals surface area contributed by atoms with Crippen molar-refractivity contribution in [1.29, 1.82) is 5.26 Å². The van der Waals surface area contributed by atoms with Crippen molar-refractivity contribution >= 4 is 23.2 Å². The SMILES string of the molecule is CC(=O)Nc1ccc(N/C=C(/C#N)C(=O)NC2CCCCCCCCCCC2)cc1. The molecule has 0 aliphatic heterocycles. The van der Waals surface area contributed by atoms with Crippen molar-refractivity contribution in [3.05, 3.63) is 36.0 Å². The van der Waals surface area contributed by atoms with Crippen molar-refractivity contribution in [3.63, 3.8) is 0 Å². The average molecular weight is 411 g/mol. The van der Waals surface area contributed by atoms with E-state index in [1.54, 1.807) is 24.3 Å². The number of carbonyl (C=O) groups excluding carboxylic acids is 2. The Morgan fingerprint density at radius 3 is 1.90 bits per heavy atom. The molecular weight excluding hydrogens is 376 g/mol. The van der Waals surface area contributed by atoms with Crippen LogP contribution in [0.5, 0.6) is 0 Å². The van der Waals surface area contributed by atoms with E-state index in [0.717, 1.165) is 31.4 Å². The standard InChI is InChI=1S/C24H34N4O2/c1-19(29)27-23-15-13-21(14-16-23)26-18-20(17-25)24(30)28-22-11-9-7-5-3-2-4-6-8-10-12-22/h13-16,18,22,26H,2-12H2,1H3,(H,27,29)(H,28,30)/b20-18-. The van der Waals surface area contributed by atoms with Crippen LogP contribution in [0.3, 0.4) is 0 Å². The molecule has 2 amide bonds. The molecule has 1 aliphatic rings. The fourth-order valence-electron chi connectivity index (χ4n) is 3.73. The summed E-state index contributed by atoms with van der Waals surface area (Å²) in [7, 11) is 0. The average Bonchev–Trinajstić information content (AvgIpc) is 2.71. The highest BCUT2D eigenvalue weighted by Gasteiger charge is 2.16. The Morgan fingerprint density at radius 2 is 1.40 bits per heavy atom. The Morgan fingerprint density at radius 1 is 0.900 bits per heavy atom. The van der Waals surface area contributed by atoms with E-state index in [1.165, 1.54) is 58.1 Å². The van der Waals surface area contributed by atoms with Crippen LogP contribution in [0.15, 0.2) is 36.0 Å². The molecule has 0 unspecified atom stereocenters. The molecule has 1 aliphatic carbocycles. The highest BCUT2D eigenvalue weighted by molar-refractivity contribution is 5.97. The van der Waals surface area contributed by atoms with Gasteiger partial charge in [-0.15, -0.1) is 0 Å². The summed E-state index contributed by atoms with van der Waals surface area (Å²) >= 11 is 0. The van der Waals surface area contributed by atoms with Crippen LogP contribution < -0.4 is 16.0 Å². The first-order chi connectivity index (χ1) is 14.6. The molecule has 1 aromatic rings. The fraction of sp³-hybridized carbons (Fsp3) is 0.542. The van der Waals surface area contributed by atoms with E-state index in [9.17, 15) is 14.9 Å². The maximum atomic E-state index is 12.6. The predicted octanol–water partition coefficient (Wildman–Crippen LogP) is 5.25. The number of nitrogens with one attached hydrogen (secondary N) is 3. The largest absolute Gasteiger partial charge is 0.360 e. The number of rotatable bonds is 5. The number of hydrogen-bond acceptors (Lipinski definition) is 4. The van der Waals surface area contributed by atoms with Crippen LogP contribution in [-0.2, 0) is 9.59 Å². The van der Waals surface area contributed by atoms with E-state index >= 15 is 0 Å². The summed E-state index contributed by atoms with van der Waals surface area (Å²) in [5, 5.41) is 18.2. The Labute approximate surface area is 180 Å². The lowest BCUT2D eigenvalue weighted by Gasteiger charge is -2.19. The second-order valence-corrected chi connectivity index (χ2v) is 8.00. The molecule has 162 valence electrons. The third kappa shape index (κ3) is 9.13. The van der Waals surface area contributed by atoms with Crippen molar-refractivity contribution in [3.8, 4) is 6.07 Å². The molecule has 0 heterocycles. The maximum absolute atomic E-state index is 12.6. The van der Waals surface area contributed by atoms with Crippen molar-refractivity contribution in [2.75, 3.05) is 10.6 Å². The first-order valence-corrected chi connectivity index (χ1v) is 11.1. The van der Waals surface area contributed by atoms with Crippen LogP contribution >= 0.6 is 0 Å². The summed E-state index contributed by atoms with van der Waals surface area (Å²) in [6, 6.07) is 9.20. The monoisotopic (exact) mass is 410 g/mol. The number of nitrogens with zero attached hydrogens (tertiary/aromatic N) is 1. The molecule has 0 aromatic heterocycles. The number of nitriles is 1. The van der Waals surface area contributed by atoms with Crippen LogP contribution in [-0.4, -0.2) is 17.9 Å². The molecular formula is C24H34N4O2. The summed E-state index contributed by atoms with van der Waals surface area (Å²) in [5.41, 5.74) is 1.49. The molecule has 0 bridgehead atoms. The molecule has 2 rings (SSSR count). The minimum Gasteiger partial charge on any atom is -0.360 e. The summed E-state index contributed by atoms with van der Waals surface area (Å²) in [4.78, 5) is 23.7. The smallest absolute Gasteiger partial charge is 0.263 e. The van der Waals surface area contributed by atoms with E-state index < -0.39 is 0 Å². The summed E-state index contributed by atoms with van der Waals surface area (Å²) in [5.74, 6) is -0.456. The van der Waals surface area contributed by atoms with Gasteiger partial charge >= 0.3 is 0 Å². The van der Waals surface area contributed by atoms with Gasteiger partial charge in [0, 0.05) is 30.5 Å². The van der Waals surface area contributed by atoms with Gasteiger partial charge in [0.05, 0.1) is 0 Å². The van der Waals surface area contributed by atoms with Crippen LogP contribution in [0.1, 0.15) is 77.6 Å². The normalized spacial score (nSPS) is 17.0. The molecule has 1 saturated carbocycles. The Balaban J connectivity index is 1.91. The second-order valence-electron chi connectivity index (χ2n) is 8.00. The first-order valence-electron chi connectivity index (χ1n) is 11.1. The zero-order valence-corrected chi connectivity index (χ0v) is 18.0. The van der Waals surface area contributed by atoms with Gasteiger partial charge in [0.15, 0.2) is 0 Å². The number of carbonyl (C=O) groups is 2. The van der Waals surface area contributed by atoms with Crippen molar-refractivity contribution in [2.24, 2.45) is 0 Å². The van der Waals surface area contributed by atoms with Crippen molar-refractivity contribution < 1.29 is 9.59 Å². The van der Waals surface area contributed by atoms with Crippen molar-refractivity contribution in [1.82, 2.24) is 5.32 Å². The lowest BCUT2D eigenvalue weighted by Crippen LogP contribution is -2.35. The van der Waals surface area contributed by atoms with Gasteiger partial charge in [-0.05, 0) is 37.1 Å². The molecule has 1 aromatic carbocycles. The quantitative estimate of drug-likeness (QED) is 0.456. The number of benzene rings is 1. The van der Waals surface area contributed by atoms with E-state index in [4.69, 9.17) is 0 Å². The van der Waals surface area contributed by atoms with Gasteiger partial charge in [-0.25, -0.2) is 0 Å². The molecule has 0 spiro atoms. The molecule has 1 fully saturated rings. The molecule has 30 heavy (non-hydrogen) atoms. The third-order valence-corrected chi connectivity index (χ3v) is 5.39. The van der Waals surface area contributed by atoms with Gasteiger partial charge in [-0.1, -0.05) is 57.8 Å². The van der Waals surface area contributed by atoms with Crippen LogP contribution in [0.25, 0.3) is 0 Å². The second kappa shape index (κ2) is 13.4. The summed E-state index contributed by atoms with van der Waals surface area (Å²) in [6.07, 6.45) is 14.6. The summed E-state index contributed by atoms with van der Waals surface area (Å²) in [6.45, 7) is 1.45. The molecule has 0 saturated heterocycles. The number of amides is 2. The van der Waals surface area contributed by atoms with Crippen LogP contribution in [0.4, 0.5) is 11.4 Å². The number of hydrogen-bond donors (Lipinski definition) is 3. The molecule has 0 radical (unpaired) electrons. The van der Waals surface area contributed by atoms with Gasteiger partial charge in [0.1, 0.15) is 11.6 Å². The van der Waals surface area contributed by atoms with Crippen LogP contribution in [0.2, 0.25) is 0 Å². The Kier molecular flexibility index (Phi) is 10.5. The molecule has 6 heteroatoms. The topological polar surface area (TPSA) is 94.0 Å². The minimum atomic E-state index is -0.322. The zero-order valence-electron chi connectivity index (χ0n) is 18.0. The first kappa shape index (κ1) is 23.5. The number of anilines is 2. The lowest BCUT2D eigenvalue weighted by molar-refractivity contribution is -0.118. The van der Waals surface area contributed by atoms with Gasteiger partial charge in [-0.2, -0.15) is 5.26 Å². The van der Waals surface area contributed by atoms with Gasteiger partial charge < -0.3 is 16.0 Å². The van der Waals surface area contributed by atoms with E-state index in [1.807, 2.05) is 6.07 Å². The molecule has 6 nitrogen and oxygen atoms in total. The van der Waals surface area contributed by atoms with E-state index in [-0.39, 0.29) is 23.4 Å². The van der Waals surface area contributed by atoms with E-state index in [2.05, 4.69) is 16.0 Å². The van der Waals surface area contributed by atoms with Crippen LogP contribution in [0, 0.1) is 11.3 Å². The Hall–Kier alpha value is -2.81. The van der Waals surface area contributed by atoms with Gasteiger partial charge in [-0.3, -0.25) is 9.59 Å². The zero-order chi connectivity index (χ0) is 21.6. The lowest BCUT2D eigenvalue weighted by atomic mass is 9.98. The van der Waals surface area contributed by atoms with E-state index in [0.29, 0.717) is 5.69 Å². The molecule has 0 atom stereocenters. The summed E-state index contributed by atoms with van der Waals surface area (Å²) < 4.78 is 0. The van der Waals surface area contributed by atoms with Gasteiger partial charge in [0.25, 0.3) is 5.91 Å². The van der Waals surface area contributed by atoms with Crippen molar-refractivity contribution in [2.45, 2.75) is 83.6 Å². The minimum absolute atomic E-state index is 0.0621. The Bertz CT molecular complexity index is 737. The molecule has 3 N–H and O–H groups in total. The van der Waals surface area contributed by atoms with Gasteiger partial charge in [0.2, 0.25) is 5.91 Å². The highest BCUT2D eigenvalue weighted by Crippen LogP contribution is 2.18. The predicted molar refractivity (Wildman–Crippen MR) is 121 cm³/mol. The highest BCUT2D eigenvalue weighted by atomic mass is 16.2.